The van der Waals surface area contributed by atoms with E-state index in [1.165, 1.54) is 33.4 Å². The van der Waals surface area contributed by atoms with Crippen LogP contribution in [0.5, 0.6) is 0 Å². The van der Waals surface area contributed by atoms with E-state index in [-0.39, 0.29) is 5.41 Å². The first-order chi connectivity index (χ1) is 28.9. The highest BCUT2D eigenvalue weighted by molar-refractivity contribution is 5.99. The molecule has 2 aromatic heterocycles. The van der Waals surface area contributed by atoms with Crippen LogP contribution in [0.1, 0.15) is 37.5 Å². The summed E-state index contributed by atoms with van der Waals surface area (Å²) in [4.78, 5) is 20.4. The van der Waals surface area contributed by atoms with Crippen molar-refractivity contribution in [1.82, 2.24) is 19.5 Å². The van der Waals surface area contributed by atoms with Crippen LogP contribution in [0.4, 0.5) is 5.82 Å². The van der Waals surface area contributed by atoms with Crippen LogP contribution < -0.4 is 0 Å². The topological polar surface area (TPSA) is 56.0 Å². The summed E-state index contributed by atoms with van der Waals surface area (Å²) < 4.78 is 2.29. The van der Waals surface area contributed by atoms with Crippen molar-refractivity contribution >= 4 is 29.0 Å². The molecule has 59 heavy (non-hydrogen) atoms. The van der Waals surface area contributed by atoms with Crippen LogP contribution >= 0.6 is 0 Å². The van der Waals surface area contributed by atoms with Gasteiger partial charge in [-0.2, -0.15) is 0 Å². The lowest BCUT2D eigenvalue weighted by molar-refractivity contribution is 0.660. The Labute approximate surface area is 344 Å². The van der Waals surface area contributed by atoms with Crippen molar-refractivity contribution in [2.24, 2.45) is 4.99 Å². The summed E-state index contributed by atoms with van der Waals surface area (Å²) >= 11 is 0. The Kier molecular flexibility index (Phi) is 8.80. The first-order valence-electron chi connectivity index (χ1n) is 20.0. The minimum absolute atomic E-state index is 0.297. The number of para-hydroxylation sites is 1. The first kappa shape index (κ1) is 35.9. The first-order valence-corrected chi connectivity index (χ1v) is 20.0. The van der Waals surface area contributed by atoms with E-state index in [1.807, 2.05) is 31.3 Å². The van der Waals surface area contributed by atoms with Gasteiger partial charge in [0.2, 0.25) is 0 Å². The quantitative estimate of drug-likeness (QED) is 0.145. The molecule has 0 unspecified atom stereocenters. The van der Waals surface area contributed by atoms with Gasteiger partial charge in [0, 0.05) is 44.8 Å². The minimum atomic E-state index is -0.297. The Morgan fingerprint density at radius 1 is 0.525 bits per heavy atom. The number of nitrogens with zero attached hydrogens (tertiary/aromatic N) is 5. The second-order valence-corrected chi connectivity index (χ2v) is 15.5. The molecule has 9 aromatic rings. The number of aliphatic imine (C=N–C) groups is 1. The van der Waals surface area contributed by atoms with Crippen molar-refractivity contribution in [1.29, 1.82) is 0 Å². The predicted octanol–water partition coefficient (Wildman–Crippen LogP) is 13.8. The summed E-state index contributed by atoms with van der Waals surface area (Å²) in [5.74, 6) is 2.76. The molecule has 0 N–H and O–H groups in total. The van der Waals surface area contributed by atoms with Gasteiger partial charge in [-0.25, -0.2) is 19.9 Å². The number of rotatable bonds is 8. The molecule has 0 saturated heterocycles. The van der Waals surface area contributed by atoms with Gasteiger partial charge in [0.1, 0.15) is 5.82 Å². The average molecular weight is 760 g/mol. The molecule has 0 fully saturated rings. The molecular formula is C54H41N5. The van der Waals surface area contributed by atoms with Gasteiger partial charge in [-0.15, -0.1) is 0 Å². The van der Waals surface area contributed by atoms with E-state index >= 15 is 0 Å². The fourth-order valence-corrected chi connectivity index (χ4v) is 8.69. The van der Waals surface area contributed by atoms with Crippen LogP contribution in [0, 0.1) is 0 Å². The Morgan fingerprint density at radius 3 is 1.61 bits per heavy atom. The Balaban J connectivity index is 1.12. The molecule has 2 heterocycles. The van der Waals surface area contributed by atoms with E-state index in [1.54, 1.807) is 0 Å². The molecule has 10 rings (SSSR count). The monoisotopic (exact) mass is 759 g/mol. The van der Waals surface area contributed by atoms with Gasteiger partial charge in [-0.3, -0.25) is 4.57 Å². The van der Waals surface area contributed by atoms with E-state index in [2.05, 4.69) is 183 Å². The molecule has 0 aliphatic heterocycles. The maximum absolute atomic E-state index is 5.18. The summed E-state index contributed by atoms with van der Waals surface area (Å²) in [6, 6.07) is 59.6. The number of aromatic nitrogens is 4. The minimum Gasteiger partial charge on any atom is -0.293 e. The smallest absolute Gasteiger partial charge is 0.164 e. The standard InChI is InChI=1S/C54H41N5/c1-5-42-43-20-13-14-22-47(43)59(53(42)55-6-2)48-23-15-21-45-49(48)44-33-32-41(34-46(44)54(45,3)4)52-57-50(39-28-24-37(25-29-39)35-16-9-7-10-17-35)56-51(58-52)40-30-26-38(27-31-40)36-18-11-8-12-19-36/h5-34H,1H2,2-4H3. The highest BCUT2D eigenvalue weighted by Crippen LogP contribution is 2.53. The second-order valence-electron chi connectivity index (χ2n) is 15.5. The molecule has 0 saturated carbocycles. The zero-order valence-electron chi connectivity index (χ0n) is 33.3. The number of hydrogen-bond donors (Lipinski definition) is 0. The van der Waals surface area contributed by atoms with E-state index < -0.39 is 0 Å². The number of hydrogen-bond acceptors (Lipinski definition) is 4. The van der Waals surface area contributed by atoms with Crippen LogP contribution in [0.25, 0.3) is 90.2 Å². The van der Waals surface area contributed by atoms with Gasteiger partial charge in [0.05, 0.1) is 11.2 Å². The lowest BCUT2D eigenvalue weighted by Crippen LogP contribution is -2.15. The fourth-order valence-electron chi connectivity index (χ4n) is 8.69. The van der Waals surface area contributed by atoms with Gasteiger partial charge in [-0.1, -0.05) is 178 Å². The number of fused-ring (bicyclic) bond motifs is 4. The molecule has 282 valence electrons. The van der Waals surface area contributed by atoms with Crippen molar-refractivity contribution in [2.45, 2.75) is 26.2 Å². The van der Waals surface area contributed by atoms with Crippen LogP contribution in [0.3, 0.4) is 0 Å². The third-order valence-electron chi connectivity index (χ3n) is 11.7. The van der Waals surface area contributed by atoms with Crippen LogP contribution in [0.15, 0.2) is 181 Å². The summed E-state index contributed by atoms with van der Waals surface area (Å²) in [5, 5.41) is 1.12. The maximum atomic E-state index is 5.18. The molecule has 5 heteroatoms. The molecule has 1 aliphatic rings. The molecule has 0 atom stereocenters. The van der Waals surface area contributed by atoms with Crippen LogP contribution in [-0.2, 0) is 5.41 Å². The van der Waals surface area contributed by atoms with Gasteiger partial charge < -0.3 is 0 Å². The molecule has 0 amide bonds. The van der Waals surface area contributed by atoms with E-state index in [4.69, 9.17) is 19.9 Å². The van der Waals surface area contributed by atoms with Gasteiger partial charge in [0.15, 0.2) is 17.5 Å². The lowest BCUT2D eigenvalue weighted by Gasteiger charge is -2.22. The zero-order valence-corrected chi connectivity index (χ0v) is 33.3. The molecule has 1 aliphatic carbocycles. The summed E-state index contributed by atoms with van der Waals surface area (Å²) in [7, 11) is 0. The summed E-state index contributed by atoms with van der Waals surface area (Å²) in [6.45, 7) is 10.8. The average Bonchev–Trinajstić information content (AvgIpc) is 3.73. The third-order valence-corrected chi connectivity index (χ3v) is 11.7. The van der Waals surface area contributed by atoms with Gasteiger partial charge in [0.25, 0.3) is 0 Å². The highest BCUT2D eigenvalue weighted by Gasteiger charge is 2.38. The maximum Gasteiger partial charge on any atom is 0.164 e. The number of benzene rings is 7. The Bertz CT molecular complexity index is 2960. The van der Waals surface area contributed by atoms with Crippen molar-refractivity contribution in [2.75, 3.05) is 0 Å². The SMILES string of the molecule is C=Cc1c(N=CC)n(-c2cccc3c2-c2ccc(-c4nc(-c5ccc(-c6ccccc6)cc5)nc(-c5ccc(-c6ccccc6)cc5)n4)cc2C3(C)C)c2ccccc12. The summed E-state index contributed by atoms with van der Waals surface area (Å²) in [5.41, 5.74) is 15.2. The fraction of sp³-hybridized carbons (Fsp3) is 0.0741. The Morgan fingerprint density at radius 2 is 1.03 bits per heavy atom. The molecule has 5 nitrogen and oxygen atoms in total. The van der Waals surface area contributed by atoms with Crippen molar-refractivity contribution in [3.63, 3.8) is 0 Å². The van der Waals surface area contributed by atoms with Crippen LogP contribution in [-0.4, -0.2) is 25.7 Å². The van der Waals surface area contributed by atoms with Crippen molar-refractivity contribution in [3.05, 3.63) is 193 Å². The molecule has 7 aromatic carbocycles. The van der Waals surface area contributed by atoms with Gasteiger partial charge in [-0.05, 0) is 64.1 Å². The second kappa shape index (κ2) is 14.5. The van der Waals surface area contributed by atoms with Crippen molar-refractivity contribution in [3.8, 4) is 73.2 Å². The molecule has 0 bridgehead atoms. The molecule has 0 radical (unpaired) electrons. The molecule has 0 spiro atoms. The van der Waals surface area contributed by atoms with Gasteiger partial charge >= 0.3 is 0 Å². The largest absolute Gasteiger partial charge is 0.293 e. The lowest BCUT2D eigenvalue weighted by atomic mass is 9.82. The van der Waals surface area contributed by atoms with E-state index in [0.717, 1.165) is 55.8 Å². The highest BCUT2D eigenvalue weighted by atomic mass is 15.1. The zero-order chi connectivity index (χ0) is 40.1. The van der Waals surface area contributed by atoms with Crippen molar-refractivity contribution < 1.29 is 0 Å². The predicted molar refractivity (Wildman–Crippen MR) is 245 cm³/mol. The summed E-state index contributed by atoms with van der Waals surface area (Å²) in [6.07, 6.45) is 3.78. The molecular weight excluding hydrogens is 719 g/mol. The van der Waals surface area contributed by atoms with Crippen LogP contribution in [0.2, 0.25) is 0 Å². The van der Waals surface area contributed by atoms with E-state index in [0.29, 0.717) is 17.5 Å². The Hall–Kier alpha value is -7.50. The van der Waals surface area contributed by atoms with E-state index in [9.17, 15) is 0 Å². The normalized spacial score (nSPS) is 12.8. The third kappa shape index (κ3) is 6.10.